The third kappa shape index (κ3) is 15.7. The van der Waals surface area contributed by atoms with Crippen LogP contribution in [0.2, 0.25) is 0 Å². The number of aliphatic hydroxyl groups is 1. The predicted molar refractivity (Wildman–Crippen MR) is 194 cm³/mol. The van der Waals surface area contributed by atoms with Gasteiger partial charge in [-0.05, 0) is 119 Å². The number of carbonyl (C=O) groups is 3. The highest BCUT2D eigenvalue weighted by Crippen LogP contribution is 2.21. The van der Waals surface area contributed by atoms with E-state index in [2.05, 4.69) is 29.7 Å². The van der Waals surface area contributed by atoms with Crippen molar-refractivity contribution in [2.45, 2.75) is 112 Å². The molecule has 0 bridgehead atoms. The molecule has 0 aliphatic carbocycles. The summed E-state index contributed by atoms with van der Waals surface area (Å²) < 4.78 is 17.4. The van der Waals surface area contributed by atoms with Gasteiger partial charge in [0.05, 0.1) is 5.60 Å². The first kappa shape index (κ1) is 42.2. The fraction of sp³-hybridized carbons (Fsp3) is 0.757. The number of benzene rings is 1. The van der Waals surface area contributed by atoms with Crippen molar-refractivity contribution in [1.82, 2.24) is 19.6 Å². The zero-order valence-electron chi connectivity index (χ0n) is 32.2. The molecular formula is C37H65N5O7. The predicted octanol–water partition coefficient (Wildman–Crippen LogP) is 5.46. The lowest BCUT2D eigenvalue weighted by Gasteiger charge is -2.37. The van der Waals surface area contributed by atoms with Crippen LogP contribution in [0.5, 0.6) is 0 Å². The maximum absolute atomic E-state index is 13.4. The molecule has 1 aliphatic heterocycles. The summed E-state index contributed by atoms with van der Waals surface area (Å²) in [6, 6.07) is 6.02. The van der Waals surface area contributed by atoms with E-state index < -0.39 is 35.4 Å². The van der Waals surface area contributed by atoms with Crippen LogP contribution in [-0.2, 0) is 20.6 Å². The molecule has 2 rings (SSSR count). The molecular weight excluding hydrogens is 626 g/mol. The number of aliphatic hydroxyl groups excluding tert-OH is 1. The van der Waals surface area contributed by atoms with Gasteiger partial charge in [-0.25, -0.2) is 9.59 Å². The Bertz CT molecular complexity index is 1140. The van der Waals surface area contributed by atoms with Crippen molar-refractivity contribution in [2.24, 2.45) is 0 Å². The summed E-state index contributed by atoms with van der Waals surface area (Å²) in [5.74, 6) is 0. The van der Waals surface area contributed by atoms with E-state index in [0.29, 0.717) is 70.9 Å². The number of anilines is 1. The van der Waals surface area contributed by atoms with Crippen LogP contribution in [0.4, 0.5) is 15.3 Å². The SMILES string of the molecule is CCN(CC)c1ccc(C=O)c(CCCN2CCN(C(=O)OC(C)(C)C)CCN(C(O)OC(C)(C)C)CCN(C(=O)OC(C)(C)C)CC2)c1. The number of rotatable bonds is 10. The van der Waals surface area contributed by atoms with Gasteiger partial charge in [-0.1, -0.05) is 0 Å². The highest BCUT2D eigenvalue weighted by atomic mass is 16.6. The first-order chi connectivity index (χ1) is 22.7. The van der Waals surface area contributed by atoms with E-state index in [1.54, 1.807) is 14.7 Å². The Balaban J connectivity index is 2.35. The molecule has 0 saturated carbocycles. The molecule has 1 N–H and O–H groups in total. The molecule has 0 aromatic heterocycles. The molecule has 12 heteroatoms. The van der Waals surface area contributed by atoms with Crippen molar-refractivity contribution in [3.63, 3.8) is 0 Å². The number of nitrogens with zero attached hydrogens (tertiary/aromatic N) is 5. The maximum atomic E-state index is 13.4. The second kappa shape index (κ2) is 18.9. The lowest BCUT2D eigenvalue weighted by Crippen LogP contribution is -2.52. The topological polar surface area (TPSA) is 115 Å². The number of aryl methyl sites for hydroxylation is 1. The summed E-state index contributed by atoms with van der Waals surface area (Å²) in [6.07, 6.45) is 0.334. The van der Waals surface area contributed by atoms with Crippen LogP contribution < -0.4 is 4.90 Å². The molecule has 49 heavy (non-hydrogen) atoms. The maximum Gasteiger partial charge on any atom is 0.410 e. The standard InChI is InChI=1S/C37H65N5O7/c1-12-39(13-2)31-17-16-30(28-43)29(27-31)15-14-18-38-19-21-40(32(44)47-35(3,4)5)23-25-42(34(46)49-37(9,10)11)26-24-41(22-20-38)33(45)48-36(6,7)8/h16-17,27-28,34,46H,12-15,18-26H2,1-11H3. The zero-order valence-corrected chi connectivity index (χ0v) is 32.2. The van der Waals surface area contributed by atoms with E-state index in [4.69, 9.17) is 14.2 Å². The molecule has 0 radical (unpaired) electrons. The van der Waals surface area contributed by atoms with Crippen molar-refractivity contribution in [2.75, 3.05) is 76.9 Å². The van der Waals surface area contributed by atoms with Crippen LogP contribution in [0.3, 0.4) is 0 Å². The Labute approximate surface area is 295 Å². The molecule has 1 heterocycles. The summed E-state index contributed by atoms with van der Waals surface area (Å²) >= 11 is 0. The third-order valence-electron chi connectivity index (χ3n) is 8.06. The monoisotopic (exact) mass is 691 g/mol. The zero-order chi connectivity index (χ0) is 37.0. The van der Waals surface area contributed by atoms with Gasteiger partial charge < -0.3 is 34.0 Å². The van der Waals surface area contributed by atoms with Crippen LogP contribution >= 0.6 is 0 Å². The molecule has 1 saturated heterocycles. The van der Waals surface area contributed by atoms with Crippen LogP contribution in [0.1, 0.15) is 98.5 Å². The molecule has 1 aromatic carbocycles. The molecule has 0 spiro atoms. The lowest BCUT2D eigenvalue weighted by atomic mass is 10.0. The van der Waals surface area contributed by atoms with Crippen LogP contribution in [0.25, 0.3) is 0 Å². The summed E-state index contributed by atoms with van der Waals surface area (Å²) in [6.45, 7) is 26.4. The highest BCUT2D eigenvalue weighted by Gasteiger charge is 2.30. The molecule has 280 valence electrons. The van der Waals surface area contributed by atoms with Gasteiger partial charge in [0.25, 0.3) is 0 Å². The van der Waals surface area contributed by atoms with Crippen molar-refractivity contribution in [3.8, 4) is 0 Å². The Hall–Kier alpha value is -2.93. The van der Waals surface area contributed by atoms with Gasteiger partial charge in [-0.15, -0.1) is 0 Å². The minimum Gasteiger partial charge on any atom is -0.444 e. The highest BCUT2D eigenvalue weighted by molar-refractivity contribution is 5.78. The minimum absolute atomic E-state index is 0.292. The average molecular weight is 692 g/mol. The van der Waals surface area contributed by atoms with Gasteiger partial charge in [0.2, 0.25) is 6.41 Å². The van der Waals surface area contributed by atoms with Gasteiger partial charge in [-0.2, -0.15) is 0 Å². The summed E-state index contributed by atoms with van der Waals surface area (Å²) in [7, 11) is 0. The molecule has 1 aromatic rings. The van der Waals surface area contributed by atoms with Crippen LogP contribution in [-0.4, -0.2) is 138 Å². The van der Waals surface area contributed by atoms with Crippen LogP contribution in [0, 0.1) is 0 Å². The molecule has 1 unspecified atom stereocenters. The van der Waals surface area contributed by atoms with E-state index in [1.165, 1.54) is 0 Å². The van der Waals surface area contributed by atoms with E-state index in [1.807, 2.05) is 74.4 Å². The van der Waals surface area contributed by atoms with Crippen molar-refractivity contribution >= 4 is 24.2 Å². The quantitative estimate of drug-likeness (QED) is 0.251. The number of hydrogen-bond donors (Lipinski definition) is 1. The largest absolute Gasteiger partial charge is 0.444 e. The molecule has 1 fully saturated rings. The Morgan fingerprint density at radius 3 is 1.71 bits per heavy atom. The average Bonchev–Trinajstić information content (AvgIpc) is 2.96. The summed E-state index contributed by atoms with van der Waals surface area (Å²) in [5, 5.41) is 11.1. The van der Waals surface area contributed by atoms with Gasteiger partial charge >= 0.3 is 12.2 Å². The minimum atomic E-state index is -1.24. The third-order valence-corrected chi connectivity index (χ3v) is 8.06. The number of ether oxygens (including phenoxy) is 3. The summed E-state index contributed by atoms with van der Waals surface area (Å²) in [5.41, 5.74) is 0.857. The van der Waals surface area contributed by atoms with Gasteiger partial charge in [-0.3, -0.25) is 14.6 Å². The van der Waals surface area contributed by atoms with E-state index in [0.717, 1.165) is 37.0 Å². The first-order valence-electron chi connectivity index (χ1n) is 17.9. The molecule has 2 amide bonds. The van der Waals surface area contributed by atoms with Crippen molar-refractivity contribution in [3.05, 3.63) is 29.3 Å². The van der Waals surface area contributed by atoms with Gasteiger partial charge in [0.1, 0.15) is 17.5 Å². The Kier molecular flexibility index (Phi) is 16.3. The van der Waals surface area contributed by atoms with E-state index >= 15 is 0 Å². The summed E-state index contributed by atoms with van der Waals surface area (Å²) in [4.78, 5) is 48.3. The smallest absolute Gasteiger partial charge is 0.410 e. The van der Waals surface area contributed by atoms with Crippen LogP contribution in [0.15, 0.2) is 18.2 Å². The Morgan fingerprint density at radius 1 is 0.796 bits per heavy atom. The molecule has 1 atom stereocenters. The van der Waals surface area contributed by atoms with Gasteiger partial charge in [0.15, 0.2) is 0 Å². The number of hydrogen-bond acceptors (Lipinski definition) is 10. The normalized spacial score (nSPS) is 17.1. The van der Waals surface area contributed by atoms with E-state index in [-0.39, 0.29) is 0 Å². The number of aldehydes is 1. The number of carbonyl (C=O) groups excluding carboxylic acids is 3. The van der Waals surface area contributed by atoms with Crippen molar-refractivity contribution < 1.29 is 33.7 Å². The fourth-order valence-corrected chi connectivity index (χ4v) is 5.53. The van der Waals surface area contributed by atoms with Crippen molar-refractivity contribution in [1.29, 1.82) is 0 Å². The Morgan fingerprint density at radius 2 is 1.29 bits per heavy atom. The number of amides is 2. The lowest BCUT2D eigenvalue weighted by molar-refractivity contribution is -0.239. The van der Waals surface area contributed by atoms with Gasteiger partial charge in [0, 0.05) is 76.7 Å². The first-order valence-corrected chi connectivity index (χ1v) is 17.9. The second-order valence-corrected chi connectivity index (χ2v) is 15.6. The fourth-order valence-electron chi connectivity index (χ4n) is 5.53. The molecule has 1 aliphatic rings. The van der Waals surface area contributed by atoms with E-state index in [9.17, 15) is 19.5 Å². The molecule has 12 nitrogen and oxygen atoms in total. The second-order valence-electron chi connectivity index (χ2n) is 15.6.